The monoisotopic (exact) mass is 458 g/mol. The molecule has 0 saturated heterocycles. The number of nitrogens with one attached hydrogen (secondary N) is 1. The molecule has 0 spiro atoms. The Morgan fingerprint density at radius 1 is 1.03 bits per heavy atom. The molecule has 8 heteroatoms. The van der Waals surface area contributed by atoms with Gasteiger partial charge in [0.25, 0.3) is 0 Å². The predicted molar refractivity (Wildman–Crippen MR) is 130 cm³/mol. The molecule has 33 heavy (non-hydrogen) atoms. The van der Waals surface area contributed by atoms with Gasteiger partial charge in [0.15, 0.2) is 0 Å². The maximum absolute atomic E-state index is 13.3. The third-order valence-corrected chi connectivity index (χ3v) is 5.36. The van der Waals surface area contributed by atoms with Gasteiger partial charge in [0.05, 0.1) is 18.8 Å². The first-order chi connectivity index (χ1) is 16.0. The van der Waals surface area contributed by atoms with Crippen LogP contribution >= 0.6 is 0 Å². The molecular formula is C25H38N4O4. The number of urea groups is 1. The Morgan fingerprint density at radius 2 is 1.79 bits per heavy atom. The predicted octanol–water partition coefficient (Wildman–Crippen LogP) is 4.12. The van der Waals surface area contributed by atoms with Crippen molar-refractivity contribution in [2.75, 3.05) is 45.3 Å². The number of rotatable bonds is 14. The zero-order valence-electron chi connectivity index (χ0n) is 20.4. The summed E-state index contributed by atoms with van der Waals surface area (Å²) in [6.07, 6.45) is 4.51. The SMILES string of the molecule is CCCCN(Cc1cccn1C)C(=O)CN(CCCOC)C(=O)Nc1ccccc1OCC. The number of anilines is 1. The third kappa shape index (κ3) is 8.46. The molecule has 1 heterocycles. The summed E-state index contributed by atoms with van der Waals surface area (Å²) in [4.78, 5) is 29.8. The smallest absolute Gasteiger partial charge is 0.322 e. The van der Waals surface area contributed by atoms with Crippen LogP contribution in [0.4, 0.5) is 10.5 Å². The van der Waals surface area contributed by atoms with Gasteiger partial charge in [0, 0.05) is 45.7 Å². The van der Waals surface area contributed by atoms with E-state index in [0.29, 0.717) is 50.7 Å². The Bertz CT molecular complexity index is 868. The Morgan fingerprint density at radius 3 is 2.45 bits per heavy atom. The molecule has 0 unspecified atom stereocenters. The summed E-state index contributed by atoms with van der Waals surface area (Å²) < 4.78 is 12.8. The topological polar surface area (TPSA) is 76.0 Å². The first-order valence-corrected chi connectivity index (χ1v) is 11.6. The van der Waals surface area contributed by atoms with Gasteiger partial charge in [-0.05, 0) is 44.0 Å². The standard InChI is InChI=1S/C25H38N4O4/c1-5-7-16-28(19-21-12-10-15-27(21)3)24(30)20-29(17-11-18-32-4)25(31)26-22-13-8-9-14-23(22)33-6-2/h8-10,12-15H,5-7,11,16-20H2,1-4H3,(H,26,31). The van der Waals surface area contributed by atoms with Gasteiger partial charge in [-0.2, -0.15) is 0 Å². The molecule has 1 N–H and O–H groups in total. The van der Waals surface area contributed by atoms with Crippen molar-refractivity contribution in [3.63, 3.8) is 0 Å². The first-order valence-electron chi connectivity index (χ1n) is 11.6. The number of para-hydroxylation sites is 2. The Kier molecular flexibility index (Phi) is 11.3. The Balaban J connectivity index is 2.14. The fraction of sp³-hybridized carbons (Fsp3) is 0.520. The van der Waals surface area contributed by atoms with Crippen LogP contribution in [0.2, 0.25) is 0 Å². The molecule has 3 amide bonds. The maximum Gasteiger partial charge on any atom is 0.322 e. The molecule has 8 nitrogen and oxygen atoms in total. The number of hydrogen-bond acceptors (Lipinski definition) is 4. The number of hydrogen-bond donors (Lipinski definition) is 1. The van der Waals surface area contributed by atoms with Crippen molar-refractivity contribution in [3.05, 3.63) is 48.3 Å². The number of aromatic nitrogens is 1. The van der Waals surface area contributed by atoms with Gasteiger partial charge >= 0.3 is 6.03 Å². The van der Waals surface area contributed by atoms with Gasteiger partial charge in [0.2, 0.25) is 5.91 Å². The molecule has 0 atom stereocenters. The minimum atomic E-state index is -0.332. The number of methoxy groups -OCH3 is 1. The highest BCUT2D eigenvalue weighted by molar-refractivity contribution is 5.93. The third-order valence-electron chi connectivity index (χ3n) is 5.36. The normalized spacial score (nSPS) is 10.7. The van der Waals surface area contributed by atoms with Crippen molar-refractivity contribution in [3.8, 4) is 5.75 Å². The number of amides is 3. The van der Waals surface area contributed by atoms with Crippen LogP contribution in [0.3, 0.4) is 0 Å². The van der Waals surface area contributed by atoms with E-state index in [0.717, 1.165) is 18.5 Å². The van der Waals surface area contributed by atoms with Gasteiger partial charge in [-0.1, -0.05) is 25.5 Å². The number of nitrogens with zero attached hydrogens (tertiary/aromatic N) is 3. The zero-order chi connectivity index (χ0) is 24.1. The molecule has 0 saturated carbocycles. The van der Waals surface area contributed by atoms with Crippen LogP contribution in [0, 0.1) is 0 Å². The highest BCUT2D eigenvalue weighted by Gasteiger charge is 2.22. The number of unbranched alkanes of at least 4 members (excludes halogenated alkanes) is 1. The van der Waals surface area contributed by atoms with E-state index >= 15 is 0 Å². The van der Waals surface area contributed by atoms with Crippen molar-refractivity contribution in [2.45, 2.75) is 39.7 Å². The molecule has 2 aromatic rings. The molecule has 0 aliphatic carbocycles. The molecule has 0 aliphatic rings. The lowest BCUT2D eigenvalue weighted by atomic mass is 10.2. The average Bonchev–Trinajstić information content (AvgIpc) is 3.21. The first kappa shape index (κ1) is 26.3. The van der Waals surface area contributed by atoms with Gasteiger partial charge < -0.3 is 29.2 Å². The summed E-state index contributed by atoms with van der Waals surface area (Å²) >= 11 is 0. The van der Waals surface area contributed by atoms with Crippen LogP contribution in [-0.4, -0.2) is 66.3 Å². The van der Waals surface area contributed by atoms with Crippen LogP contribution < -0.4 is 10.1 Å². The van der Waals surface area contributed by atoms with Crippen molar-refractivity contribution >= 4 is 17.6 Å². The van der Waals surface area contributed by atoms with Crippen LogP contribution in [0.15, 0.2) is 42.6 Å². The van der Waals surface area contributed by atoms with Gasteiger partial charge in [-0.25, -0.2) is 4.79 Å². The highest BCUT2D eigenvalue weighted by atomic mass is 16.5. The molecule has 0 fully saturated rings. The number of ether oxygens (including phenoxy) is 2. The molecule has 2 rings (SSSR count). The lowest BCUT2D eigenvalue weighted by Gasteiger charge is -2.28. The summed E-state index contributed by atoms with van der Waals surface area (Å²) in [7, 11) is 3.60. The second-order valence-electron chi connectivity index (χ2n) is 7.91. The summed E-state index contributed by atoms with van der Waals surface area (Å²) in [5, 5.41) is 2.91. The van der Waals surface area contributed by atoms with E-state index in [1.807, 2.05) is 60.0 Å². The average molecular weight is 459 g/mol. The van der Waals surface area contributed by atoms with Crippen molar-refractivity contribution in [1.82, 2.24) is 14.4 Å². The van der Waals surface area contributed by atoms with Gasteiger partial charge in [0.1, 0.15) is 12.3 Å². The molecular weight excluding hydrogens is 420 g/mol. The van der Waals surface area contributed by atoms with Crippen molar-refractivity contribution in [2.24, 2.45) is 7.05 Å². The molecule has 0 bridgehead atoms. The number of carbonyl (C=O) groups excluding carboxylic acids is 2. The van der Waals surface area contributed by atoms with Crippen molar-refractivity contribution < 1.29 is 19.1 Å². The lowest BCUT2D eigenvalue weighted by molar-refractivity contribution is -0.132. The highest BCUT2D eigenvalue weighted by Crippen LogP contribution is 2.24. The number of aryl methyl sites for hydroxylation is 1. The fourth-order valence-electron chi connectivity index (χ4n) is 3.46. The van der Waals surface area contributed by atoms with Crippen LogP contribution in [-0.2, 0) is 23.1 Å². The molecule has 0 radical (unpaired) electrons. The quantitative estimate of drug-likeness (QED) is 0.432. The zero-order valence-corrected chi connectivity index (χ0v) is 20.4. The van der Waals surface area contributed by atoms with E-state index in [-0.39, 0.29) is 18.5 Å². The Labute approximate surface area is 197 Å². The number of benzene rings is 1. The Hall–Kier alpha value is -3.00. The second kappa shape index (κ2) is 14.2. The van der Waals surface area contributed by atoms with Gasteiger partial charge in [-0.3, -0.25) is 4.79 Å². The fourth-order valence-corrected chi connectivity index (χ4v) is 3.46. The largest absolute Gasteiger partial charge is 0.492 e. The van der Waals surface area contributed by atoms with E-state index in [1.165, 1.54) is 0 Å². The summed E-state index contributed by atoms with van der Waals surface area (Å²) in [6.45, 7) is 6.58. The molecule has 0 aliphatic heterocycles. The van der Waals surface area contributed by atoms with E-state index < -0.39 is 0 Å². The van der Waals surface area contributed by atoms with E-state index in [4.69, 9.17) is 9.47 Å². The molecule has 1 aromatic carbocycles. The van der Waals surface area contributed by atoms with E-state index in [1.54, 1.807) is 18.1 Å². The summed E-state index contributed by atoms with van der Waals surface area (Å²) in [5.41, 5.74) is 1.64. The lowest BCUT2D eigenvalue weighted by Crippen LogP contribution is -2.45. The van der Waals surface area contributed by atoms with Crippen LogP contribution in [0.5, 0.6) is 5.75 Å². The molecule has 1 aromatic heterocycles. The maximum atomic E-state index is 13.3. The van der Waals surface area contributed by atoms with Gasteiger partial charge in [-0.15, -0.1) is 0 Å². The molecule has 182 valence electrons. The summed E-state index contributed by atoms with van der Waals surface area (Å²) in [5.74, 6) is 0.528. The van der Waals surface area contributed by atoms with Crippen molar-refractivity contribution in [1.29, 1.82) is 0 Å². The minimum absolute atomic E-state index is 0.000483. The van der Waals surface area contributed by atoms with Crippen LogP contribution in [0.1, 0.15) is 38.8 Å². The minimum Gasteiger partial charge on any atom is -0.492 e. The van der Waals surface area contributed by atoms with Crippen LogP contribution in [0.25, 0.3) is 0 Å². The number of carbonyl (C=O) groups is 2. The van der Waals surface area contributed by atoms with E-state index in [2.05, 4.69) is 12.2 Å². The van der Waals surface area contributed by atoms with E-state index in [9.17, 15) is 9.59 Å². The second-order valence-corrected chi connectivity index (χ2v) is 7.91. The summed E-state index contributed by atoms with van der Waals surface area (Å²) in [6, 6.07) is 11.0.